The summed E-state index contributed by atoms with van der Waals surface area (Å²) in [5, 5.41) is 0. The minimum Gasteiger partial charge on any atom is -0.444 e. The predicted molar refractivity (Wildman–Crippen MR) is 106 cm³/mol. The molecule has 0 unspecified atom stereocenters. The molecule has 0 bridgehead atoms. The Morgan fingerprint density at radius 3 is 2.46 bits per heavy atom. The molecule has 144 valence electrons. The van der Waals surface area contributed by atoms with Crippen molar-refractivity contribution >= 4 is 22.0 Å². The van der Waals surface area contributed by atoms with Gasteiger partial charge in [-0.05, 0) is 75.5 Å². The molecule has 26 heavy (non-hydrogen) atoms. The molecule has 3 rings (SSSR count). The number of nitrogens with zero attached hydrogens (tertiary/aromatic N) is 1. The van der Waals surface area contributed by atoms with Crippen molar-refractivity contribution in [1.82, 2.24) is 4.90 Å². The highest BCUT2D eigenvalue weighted by Crippen LogP contribution is 2.48. The molecule has 2 aliphatic rings. The van der Waals surface area contributed by atoms with Gasteiger partial charge in [0.2, 0.25) is 0 Å². The first kappa shape index (κ1) is 19.7. The molecule has 0 radical (unpaired) electrons. The minimum absolute atomic E-state index is 0.166. The highest BCUT2D eigenvalue weighted by molar-refractivity contribution is 9.10. The first-order chi connectivity index (χ1) is 12.3. The Morgan fingerprint density at radius 1 is 1.19 bits per heavy atom. The molecular weight excluding hydrogens is 394 g/mol. The van der Waals surface area contributed by atoms with Gasteiger partial charge in [-0.15, -0.1) is 0 Å². The van der Waals surface area contributed by atoms with Gasteiger partial charge >= 0.3 is 6.09 Å². The van der Waals surface area contributed by atoms with E-state index in [2.05, 4.69) is 40.2 Å². The van der Waals surface area contributed by atoms with Crippen molar-refractivity contribution in [2.75, 3.05) is 19.7 Å². The number of benzene rings is 1. The van der Waals surface area contributed by atoms with E-state index in [1.807, 2.05) is 25.7 Å². The monoisotopic (exact) mass is 423 g/mol. The molecule has 5 heteroatoms. The number of ether oxygens (including phenoxy) is 2. The Bertz CT molecular complexity index is 603. The van der Waals surface area contributed by atoms with Crippen LogP contribution in [0.1, 0.15) is 45.6 Å². The highest BCUT2D eigenvalue weighted by atomic mass is 79.9. The molecule has 1 aromatic carbocycles. The Morgan fingerprint density at radius 2 is 1.85 bits per heavy atom. The van der Waals surface area contributed by atoms with Gasteiger partial charge in [-0.2, -0.15) is 0 Å². The van der Waals surface area contributed by atoms with E-state index in [-0.39, 0.29) is 6.09 Å². The first-order valence-corrected chi connectivity index (χ1v) is 10.4. The van der Waals surface area contributed by atoms with Crippen LogP contribution in [0.3, 0.4) is 0 Å². The Balaban J connectivity index is 1.34. The summed E-state index contributed by atoms with van der Waals surface area (Å²) in [5.41, 5.74) is 0.804. The molecule has 1 aliphatic heterocycles. The van der Waals surface area contributed by atoms with Gasteiger partial charge in [0.25, 0.3) is 0 Å². The third-order valence-electron chi connectivity index (χ3n) is 5.29. The van der Waals surface area contributed by atoms with Crippen LogP contribution in [-0.4, -0.2) is 36.3 Å². The van der Waals surface area contributed by atoms with Gasteiger partial charge in [0, 0.05) is 17.6 Å². The topological polar surface area (TPSA) is 38.8 Å². The van der Waals surface area contributed by atoms with Crippen LogP contribution in [0.25, 0.3) is 0 Å². The zero-order chi connectivity index (χ0) is 18.7. The van der Waals surface area contributed by atoms with E-state index < -0.39 is 5.60 Å². The maximum atomic E-state index is 12.1. The lowest BCUT2D eigenvalue weighted by Gasteiger charge is -2.33. The average Bonchev–Trinajstić information content (AvgIpc) is 3.35. The molecule has 1 amide bonds. The van der Waals surface area contributed by atoms with Gasteiger partial charge in [0.1, 0.15) is 5.60 Å². The highest BCUT2D eigenvalue weighted by Gasteiger charge is 2.44. The van der Waals surface area contributed by atoms with Gasteiger partial charge < -0.3 is 14.4 Å². The van der Waals surface area contributed by atoms with Crippen molar-refractivity contribution in [2.24, 2.45) is 17.8 Å². The van der Waals surface area contributed by atoms with Crippen LogP contribution in [0.2, 0.25) is 0 Å². The number of halogens is 1. The predicted octanol–water partition coefficient (Wildman–Crippen LogP) is 5.25. The van der Waals surface area contributed by atoms with Crippen molar-refractivity contribution < 1.29 is 14.3 Å². The molecule has 0 N–H and O–H groups in total. The largest absolute Gasteiger partial charge is 0.444 e. The van der Waals surface area contributed by atoms with Gasteiger partial charge in [0.05, 0.1) is 13.2 Å². The normalized spacial score (nSPS) is 23.8. The lowest BCUT2D eigenvalue weighted by atomic mass is 9.91. The molecular formula is C21H30BrNO3. The molecule has 0 aromatic heterocycles. The fourth-order valence-corrected chi connectivity index (χ4v) is 4.05. The van der Waals surface area contributed by atoms with Crippen molar-refractivity contribution in [3.63, 3.8) is 0 Å². The SMILES string of the molecule is CC(C)(C)OC(=O)N1CCC([C@H]2C[C@H]2COCc2ccc(Br)cc2)CC1. The zero-order valence-corrected chi connectivity index (χ0v) is 17.6. The molecule has 1 saturated carbocycles. The van der Waals surface area contributed by atoms with E-state index in [0.717, 1.165) is 48.8 Å². The number of hydrogen-bond donors (Lipinski definition) is 0. The second-order valence-electron chi connectivity index (χ2n) is 8.61. The van der Waals surface area contributed by atoms with Gasteiger partial charge in [-0.3, -0.25) is 0 Å². The van der Waals surface area contributed by atoms with Crippen LogP contribution in [0.5, 0.6) is 0 Å². The molecule has 1 heterocycles. The maximum Gasteiger partial charge on any atom is 0.410 e. The molecule has 0 spiro atoms. The van der Waals surface area contributed by atoms with E-state index in [4.69, 9.17) is 9.47 Å². The lowest BCUT2D eigenvalue weighted by Crippen LogP contribution is -2.42. The van der Waals surface area contributed by atoms with Gasteiger partial charge in [-0.25, -0.2) is 4.79 Å². The van der Waals surface area contributed by atoms with Gasteiger partial charge in [0.15, 0.2) is 0 Å². The van der Waals surface area contributed by atoms with Crippen LogP contribution in [0.4, 0.5) is 4.79 Å². The van der Waals surface area contributed by atoms with Crippen LogP contribution in [-0.2, 0) is 16.1 Å². The summed E-state index contributed by atoms with van der Waals surface area (Å²) in [6.45, 7) is 8.94. The Kier molecular flexibility index (Phi) is 6.29. The second kappa shape index (κ2) is 8.30. The molecule has 2 atom stereocenters. The Labute approximate surface area is 165 Å². The van der Waals surface area contributed by atoms with Gasteiger partial charge in [-0.1, -0.05) is 28.1 Å². The smallest absolute Gasteiger partial charge is 0.410 e. The summed E-state index contributed by atoms with van der Waals surface area (Å²) in [6, 6.07) is 8.30. The molecule has 4 nitrogen and oxygen atoms in total. The van der Waals surface area contributed by atoms with Crippen molar-refractivity contribution in [3.05, 3.63) is 34.3 Å². The summed E-state index contributed by atoms with van der Waals surface area (Å²) >= 11 is 3.45. The van der Waals surface area contributed by atoms with Crippen molar-refractivity contribution in [2.45, 2.75) is 52.2 Å². The number of hydrogen-bond acceptors (Lipinski definition) is 3. The van der Waals surface area contributed by atoms with Crippen LogP contribution in [0.15, 0.2) is 28.7 Å². The number of amides is 1. The minimum atomic E-state index is -0.415. The van der Waals surface area contributed by atoms with E-state index >= 15 is 0 Å². The van der Waals surface area contributed by atoms with Crippen LogP contribution < -0.4 is 0 Å². The number of carbonyl (C=O) groups is 1. The van der Waals surface area contributed by atoms with E-state index in [0.29, 0.717) is 12.5 Å². The molecule has 1 aromatic rings. The van der Waals surface area contributed by atoms with Crippen molar-refractivity contribution in [1.29, 1.82) is 0 Å². The third kappa shape index (κ3) is 5.71. The summed E-state index contributed by atoms with van der Waals surface area (Å²) < 4.78 is 12.5. The van der Waals surface area contributed by atoms with Crippen LogP contribution in [0, 0.1) is 17.8 Å². The van der Waals surface area contributed by atoms with Crippen LogP contribution >= 0.6 is 15.9 Å². The summed E-state index contributed by atoms with van der Waals surface area (Å²) in [7, 11) is 0. The third-order valence-corrected chi connectivity index (χ3v) is 5.82. The number of carbonyl (C=O) groups excluding carboxylic acids is 1. The number of likely N-dealkylation sites (tertiary alicyclic amines) is 1. The fraction of sp³-hybridized carbons (Fsp3) is 0.667. The van der Waals surface area contributed by atoms with E-state index in [1.54, 1.807) is 0 Å². The molecule has 1 aliphatic carbocycles. The Hall–Kier alpha value is -1.07. The second-order valence-corrected chi connectivity index (χ2v) is 9.52. The number of rotatable bonds is 5. The average molecular weight is 424 g/mol. The summed E-state index contributed by atoms with van der Waals surface area (Å²) in [4.78, 5) is 14.0. The zero-order valence-electron chi connectivity index (χ0n) is 16.0. The maximum absolute atomic E-state index is 12.1. The summed E-state index contributed by atoms with van der Waals surface area (Å²) in [6.07, 6.45) is 3.29. The van der Waals surface area contributed by atoms with E-state index in [1.165, 1.54) is 12.0 Å². The molecule has 1 saturated heterocycles. The first-order valence-electron chi connectivity index (χ1n) is 9.62. The number of piperidine rings is 1. The van der Waals surface area contributed by atoms with Crippen molar-refractivity contribution in [3.8, 4) is 0 Å². The fourth-order valence-electron chi connectivity index (χ4n) is 3.79. The van der Waals surface area contributed by atoms with E-state index in [9.17, 15) is 4.79 Å². The summed E-state index contributed by atoms with van der Waals surface area (Å²) in [5.74, 6) is 2.21. The quantitative estimate of drug-likeness (QED) is 0.648. The lowest BCUT2D eigenvalue weighted by molar-refractivity contribution is 0.0170. The standard InChI is InChI=1S/C21H30BrNO3/c1-21(2,3)26-20(24)23-10-8-16(9-11-23)19-12-17(19)14-25-13-15-4-6-18(22)7-5-15/h4-7,16-17,19H,8-14H2,1-3H3/t17-,19+/m0/s1. The molecule has 2 fully saturated rings.